The summed E-state index contributed by atoms with van der Waals surface area (Å²) >= 11 is 0. The van der Waals surface area contributed by atoms with E-state index in [0.717, 1.165) is 18.4 Å². The molecule has 1 aromatic carbocycles. The number of carboxylic acid groups (broad SMARTS) is 1. The highest BCUT2D eigenvalue weighted by Gasteiger charge is 2.61. The summed E-state index contributed by atoms with van der Waals surface area (Å²) in [6.45, 7) is 2.03. The van der Waals surface area contributed by atoms with Gasteiger partial charge < -0.3 is 9.84 Å². The first-order chi connectivity index (χ1) is 7.66. The smallest absolute Gasteiger partial charge is 0.314 e. The molecule has 1 saturated carbocycles. The highest BCUT2D eigenvalue weighted by Crippen LogP contribution is 2.58. The molecular formula is C13H16O3. The van der Waals surface area contributed by atoms with E-state index in [1.54, 1.807) is 7.11 Å². The van der Waals surface area contributed by atoms with Crippen molar-refractivity contribution in [1.29, 1.82) is 0 Å². The molecule has 3 heteroatoms. The van der Waals surface area contributed by atoms with Crippen LogP contribution in [0.1, 0.15) is 25.3 Å². The summed E-state index contributed by atoms with van der Waals surface area (Å²) in [4.78, 5) is 11.5. The Labute approximate surface area is 95.0 Å². The molecule has 16 heavy (non-hydrogen) atoms. The van der Waals surface area contributed by atoms with Gasteiger partial charge in [0.05, 0.1) is 12.5 Å². The van der Waals surface area contributed by atoms with Crippen molar-refractivity contribution in [2.24, 2.45) is 5.92 Å². The van der Waals surface area contributed by atoms with Crippen molar-refractivity contribution >= 4 is 5.97 Å². The molecule has 1 fully saturated rings. The molecule has 1 aliphatic carbocycles. The van der Waals surface area contributed by atoms with Crippen molar-refractivity contribution in [2.75, 3.05) is 7.11 Å². The Morgan fingerprint density at radius 3 is 2.75 bits per heavy atom. The minimum atomic E-state index is -0.733. The number of ether oxygens (including phenoxy) is 1. The molecule has 1 N–H and O–H groups in total. The van der Waals surface area contributed by atoms with Gasteiger partial charge in [-0.15, -0.1) is 0 Å². The number of carbonyl (C=O) groups is 1. The fraction of sp³-hybridized carbons (Fsp3) is 0.462. The second-order valence-corrected chi connectivity index (χ2v) is 4.29. The van der Waals surface area contributed by atoms with E-state index in [-0.39, 0.29) is 5.92 Å². The summed E-state index contributed by atoms with van der Waals surface area (Å²) < 4.78 is 5.25. The van der Waals surface area contributed by atoms with Gasteiger partial charge in [-0.1, -0.05) is 31.5 Å². The van der Waals surface area contributed by atoms with Gasteiger partial charge in [0.25, 0.3) is 0 Å². The second kappa shape index (κ2) is 3.81. The molecule has 0 amide bonds. The third kappa shape index (κ3) is 1.39. The van der Waals surface area contributed by atoms with Crippen molar-refractivity contribution in [3.8, 4) is 5.75 Å². The second-order valence-electron chi connectivity index (χ2n) is 4.29. The van der Waals surface area contributed by atoms with Gasteiger partial charge in [-0.05, 0) is 18.4 Å². The highest BCUT2D eigenvalue weighted by atomic mass is 16.5. The first kappa shape index (κ1) is 11.0. The van der Waals surface area contributed by atoms with E-state index in [1.165, 1.54) is 0 Å². The normalized spacial score (nSPS) is 27.5. The minimum absolute atomic E-state index is 0.237. The van der Waals surface area contributed by atoms with Crippen LogP contribution >= 0.6 is 0 Å². The van der Waals surface area contributed by atoms with Crippen LogP contribution in [0.15, 0.2) is 24.3 Å². The number of rotatable bonds is 4. The summed E-state index contributed by atoms with van der Waals surface area (Å²) in [5.41, 5.74) is 0.110. The maximum atomic E-state index is 11.5. The van der Waals surface area contributed by atoms with Gasteiger partial charge in [-0.2, -0.15) is 0 Å². The van der Waals surface area contributed by atoms with Crippen molar-refractivity contribution in [1.82, 2.24) is 0 Å². The molecular weight excluding hydrogens is 204 g/mol. The van der Waals surface area contributed by atoms with Crippen molar-refractivity contribution in [3.05, 3.63) is 29.8 Å². The Morgan fingerprint density at radius 2 is 2.25 bits per heavy atom. The van der Waals surface area contributed by atoms with Crippen LogP contribution in [0.5, 0.6) is 5.75 Å². The maximum absolute atomic E-state index is 11.5. The van der Waals surface area contributed by atoms with E-state index < -0.39 is 11.4 Å². The number of aliphatic carboxylic acids is 1. The van der Waals surface area contributed by atoms with Gasteiger partial charge in [0.2, 0.25) is 0 Å². The Balaban J connectivity index is 2.46. The van der Waals surface area contributed by atoms with Crippen LogP contribution < -0.4 is 4.74 Å². The third-order valence-electron chi connectivity index (χ3n) is 3.57. The molecule has 0 radical (unpaired) electrons. The Hall–Kier alpha value is -1.51. The SMILES string of the molecule is CCC1CC1(C(=O)O)c1ccccc1OC. The van der Waals surface area contributed by atoms with Gasteiger partial charge in [-0.3, -0.25) is 4.79 Å². The molecule has 0 saturated heterocycles. The van der Waals surface area contributed by atoms with E-state index in [1.807, 2.05) is 31.2 Å². The fourth-order valence-corrected chi connectivity index (χ4v) is 2.54. The van der Waals surface area contributed by atoms with Gasteiger partial charge in [0.15, 0.2) is 0 Å². The van der Waals surface area contributed by atoms with Crippen molar-refractivity contribution in [2.45, 2.75) is 25.2 Å². The predicted octanol–water partition coefficient (Wildman–Crippen LogP) is 2.45. The van der Waals surface area contributed by atoms with Gasteiger partial charge in [-0.25, -0.2) is 0 Å². The highest BCUT2D eigenvalue weighted by molar-refractivity contribution is 5.86. The Bertz CT molecular complexity index is 413. The minimum Gasteiger partial charge on any atom is -0.496 e. The Morgan fingerprint density at radius 1 is 1.56 bits per heavy atom. The molecule has 0 heterocycles. The van der Waals surface area contributed by atoms with Crippen molar-refractivity contribution < 1.29 is 14.6 Å². The lowest BCUT2D eigenvalue weighted by Gasteiger charge is -2.16. The van der Waals surface area contributed by atoms with Crippen LogP contribution in [-0.4, -0.2) is 18.2 Å². The molecule has 1 aromatic rings. The van der Waals surface area contributed by atoms with E-state index in [9.17, 15) is 9.90 Å². The summed E-state index contributed by atoms with van der Waals surface area (Å²) in [6.07, 6.45) is 1.61. The van der Waals surface area contributed by atoms with Gasteiger partial charge >= 0.3 is 5.97 Å². The molecule has 86 valence electrons. The summed E-state index contributed by atoms with van der Waals surface area (Å²) in [5, 5.41) is 9.42. The molecule has 0 aromatic heterocycles. The fourth-order valence-electron chi connectivity index (χ4n) is 2.54. The largest absolute Gasteiger partial charge is 0.496 e. The number of methoxy groups -OCH3 is 1. The predicted molar refractivity (Wildman–Crippen MR) is 60.7 cm³/mol. The van der Waals surface area contributed by atoms with Crippen LogP contribution in [0.4, 0.5) is 0 Å². The van der Waals surface area contributed by atoms with Crippen LogP contribution in [0.25, 0.3) is 0 Å². The first-order valence-electron chi connectivity index (χ1n) is 5.53. The molecule has 2 rings (SSSR count). The number of hydrogen-bond acceptors (Lipinski definition) is 2. The lowest BCUT2D eigenvalue weighted by atomic mass is 9.91. The number of carboxylic acids is 1. The molecule has 2 atom stereocenters. The Kier molecular flexibility index (Phi) is 2.62. The maximum Gasteiger partial charge on any atom is 0.314 e. The average Bonchev–Trinajstić information content (AvgIpc) is 3.04. The molecule has 3 nitrogen and oxygen atoms in total. The van der Waals surface area contributed by atoms with Crippen LogP contribution in [0, 0.1) is 5.92 Å². The van der Waals surface area contributed by atoms with Crippen LogP contribution in [0.3, 0.4) is 0 Å². The van der Waals surface area contributed by atoms with Crippen molar-refractivity contribution in [3.63, 3.8) is 0 Å². The van der Waals surface area contributed by atoms with Crippen LogP contribution in [-0.2, 0) is 10.2 Å². The summed E-state index contributed by atoms with van der Waals surface area (Å²) in [7, 11) is 1.58. The average molecular weight is 220 g/mol. The number of benzene rings is 1. The number of para-hydroxylation sites is 1. The summed E-state index contributed by atoms with van der Waals surface area (Å²) in [6, 6.07) is 7.42. The molecule has 0 bridgehead atoms. The standard InChI is InChI=1S/C13H16O3/c1-3-9-8-13(9,12(14)15)10-6-4-5-7-11(10)16-2/h4-7,9H,3,8H2,1-2H3,(H,14,15). The topological polar surface area (TPSA) is 46.5 Å². The quantitative estimate of drug-likeness (QED) is 0.847. The lowest BCUT2D eigenvalue weighted by molar-refractivity contribution is -0.140. The first-order valence-corrected chi connectivity index (χ1v) is 5.53. The third-order valence-corrected chi connectivity index (χ3v) is 3.57. The van der Waals surface area contributed by atoms with E-state index in [2.05, 4.69) is 0 Å². The van der Waals surface area contributed by atoms with Crippen LogP contribution in [0.2, 0.25) is 0 Å². The lowest BCUT2D eigenvalue weighted by Crippen LogP contribution is -2.23. The van der Waals surface area contributed by atoms with Gasteiger partial charge in [0, 0.05) is 5.56 Å². The molecule has 2 unspecified atom stereocenters. The zero-order chi connectivity index (χ0) is 11.8. The molecule has 0 aliphatic heterocycles. The number of hydrogen-bond donors (Lipinski definition) is 1. The summed E-state index contributed by atoms with van der Waals surface area (Å²) in [5.74, 6) is 0.186. The van der Waals surface area contributed by atoms with Gasteiger partial charge in [0.1, 0.15) is 5.75 Å². The van der Waals surface area contributed by atoms with E-state index >= 15 is 0 Å². The monoisotopic (exact) mass is 220 g/mol. The molecule has 1 aliphatic rings. The van der Waals surface area contributed by atoms with E-state index in [0.29, 0.717) is 5.75 Å². The zero-order valence-electron chi connectivity index (χ0n) is 9.56. The van der Waals surface area contributed by atoms with E-state index in [4.69, 9.17) is 4.74 Å². The molecule has 0 spiro atoms. The zero-order valence-corrected chi connectivity index (χ0v) is 9.56.